The molecule has 0 aliphatic rings. The molecule has 8 nitrogen and oxygen atoms in total. The molecule has 1 rings (SSSR count). The Morgan fingerprint density at radius 3 is 2.36 bits per heavy atom. The number of carbonyl (C=O) groups excluding carboxylic acids is 2. The van der Waals surface area contributed by atoms with Crippen LogP contribution in [0, 0.1) is 0 Å². The number of benzene rings is 1. The number of primary amides is 1. The monoisotopic (exact) mass is 330 g/mol. The van der Waals surface area contributed by atoms with Crippen molar-refractivity contribution >= 4 is 27.3 Å². The first-order valence-electron chi connectivity index (χ1n) is 6.28. The normalized spacial score (nSPS) is 10.8. The van der Waals surface area contributed by atoms with Gasteiger partial charge >= 0.3 is 0 Å². The quantitative estimate of drug-likeness (QED) is 0.687. The van der Waals surface area contributed by atoms with Gasteiger partial charge in [0.25, 0.3) is 0 Å². The highest BCUT2D eigenvalue weighted by atomic mass is 32.2. The number of nitrogens with one attached hydrogen (secondary N) is 1. The highest BCUT2D eigenvalue weighted by Crippen LogP contribution is 2.29. The van der Waals surface area contributed by atoms with E-state index >= 15 is 0 Å². The lowest BCUT2D eigenvalue weighted by Gasteiger charge is -2.10. The van der Waals surface area contributed by atoms with Crippen LogP contribution in [0.2, 0.25) is 0 Å². The molecule has 1 aromatic rings. The largest absolute Gasteiger partial charge is 0.493 e. The van der Waals surface area contributed by atoms with Gasteiger partial charge in [0.1, 0.15) is 5.75 Å². The van der Waals surface area contributed by atoms with Crippen LogP contribution in [0.15, 0.2) is 18.2 Å². The summed E-state index contributed by atoms with van der Waals surface area (Å²) in [5.74, 6) is -1.75. The fourth-order valence-corrected chi connectivity index (χ4v) is 2.77. The third-order valence-corrected chi connectivity index (χ3v) is 4.21. The van der Waals surface area contributed by atoms with Gasteiger partial charge < -0.3 is 20.5 Å². The van der Waals surface area contributed by atoms with Crippen LogP contribution in [0.5, 0.6) is 11.5 Å². The number of sulfone groups is 1. The molecule has 0 aromatic heterocycles. The predicted octanol–water partition coefficient (Wildman–Crippen LogP) is -0.0675. The predicted molar refractivity (Wildman–Crippen MR) is 80.6 cm³/mol. The van der Waals surface area contributed by atoms with Crippen molar-refractivity contribution in [2.75, 3.05) is 31.0 Å². The lowest BCUT2D eigenvalue weighted by atomic mass is 10.2. The molecular formula is C13H18N2O6S. The van der Waals surface area contributed by atoms with Gasteiger partial charge in [-0.05, 0) is 12.1 Å². The van der Waals surface area contributed by atoms with Crippen molar-refractivity contribution < 1.29 is 27.5 Å². The van der Waals surface area contributed by atoms with Crippen molar-refractivity contribution in [1.82, 2.24) is 0 Å². The summed E-state index contributed by atoms with van der Waals surface area (Å²) in [5.41, 5.74) is 5.25. The fourth-order valence-electron chi connectivity index (χ4n) is 1.64. The Balaban J connectivity index is 2.71. The molecule has 0 saturated carbocycles. The van der Waals surface area contributed by atoms with Crippen LogP contribution >= 0.6 is 0 Å². The molecule has 0 aliphatic carbocycles. The second kappa shape index (κ2) is 7.64. The topological polar surface area (TPSA) is 125 Å². The van der Waals surface area contributed by atoms with Gasteiger partial charge in [-0.1, -0.05) is 0 Å². The van der Waals surface area contributed by atoms with Crippen molar-refractivity contribution in [3.8, 4) is 11.5 Å². The van der Waals surface area contributed by atoms with Crippen LogP contribution in [0.4, 0.5) is 5.69 Å². The fraction of sp³-hybridized carbons (Fsp3) is 0.385. The van der Waals surface area contributed by atoms with Crippen molar-refractivity contribution in [3.05, 3.63) is 18.2 Å². The summed E-state index contributed by atoms with van der Waals surface area (Å²) < 4.78 is 33.4. The van der Waals surface area contributed by atoms with Gasteiger partial charge in [-0.3, -0.25) is 9.59 Å². The summed E-state index contributed by atoms with van der Waals surface area (Å²) in [7, 11) is -0.777. The first kappa shape index (κ1) is 17.8. The van der Waals surface area contributed by atoms with E-state index in [9.17, 15) is 18.0 Å². The van der Waals surface area contributed by atoms with Crippen molar-refractivity contribution in [2.45, 2.75) is 6.42 Å². The summed E-state index contributed by atoms with van der Waals surface area (Å²) in [6.07, 6.45) is -0.314. The maximum atomic E-state index is 11.7. The van der Waals surface area contributed by atoms with Crippen LogP contribution in [-0.4, -0.2) is 46.0 Å². The number of nitrogens with two attached hydrogens (primary N) is 1. The van der Waals surface area contributed by atoms with E-state index in [1.165, 1.54) is 20.3 Å². The zero-order valence-electron chi connectivity index (χ0n) is 12.3. The average molecular weight is 330 g/mol. The molecule has 0 atom stereocenters. The zero-order valence-corrected chi connectivity index (χ0v) is 13.1. The molecule has 0 fully saturated rings. The highest BCUT2D eigenvalue weighted by molar-refractivity contribution is 7.92. The third-order valence-electron chi connectivity index (χ3n) is 2.68. The smallest absolute Gasteiger partial charge is 0.239 e. The molecule has 22 heavy (non-hydrogen) atoms. The van der Waals surface area contributed by atoms with Crippen molar-refractivity contribution in [1.29, 1.82) is 0 Å². The van der Waals surface area contributed by atoms with Crippen molar-refractivity contribution in [2.24, 2.45) is 5.73 Å². The summed E-state index contributed by atoms with van der Waals surface area (Å²) in [4.78, 5) is 22.3. The lowest BCUT2D eigenvalue weighted by molar-refractivity contribution is -0.117. The van der Waals surface area contributed by atoms with Gasteiger partial charge in [0.15, 0.2) is 21.3 Å². The Hall–Kier alpha value is -2.29. The molecule has 0 unspecified atom stereocenters. The molecule has 2 amide bonds. The molecular weight excluding hydrogens is 312 g/mol. The summed E-state index contributed by atoms with van der Waals surface area (Å²) in [6, 6.07) is 4.64. The molecule has 9 heteroatoms. The van der Waals surface area contributed by atoms with Crippen LogP contribution < -0.4 is 20.5 Å². The summed E-state index contributed by atoms with van der Waals surface area (Å²) in [5, 5.41) is 2.44. The van der Waals surface area contributed by atoms with Crippen LogP contribution in [-0.2, 0) is 19.4 Å². The van der Waals surface area contributed by atoms with Gasteiger partial charge in [0.2, 0.25) is 11.8 Å². The van der Waals surface area contributed by atoms with E-state index in [1.807, 2.05) is 0 Å². The second-order valence-electron chi connectivity index (χ2n) is 4.43. The molecule has 122 valence electrons. The Morgan fingerprint density at radius 1 is 1.18 bits per heavy atom. The first-order valence-corrected chi connectivity index (χ1v) is 8.10. The molecule has 0 bridgehead atoms. The highest BCUT2D eigenvalue weighted by Gasteiger charge is 2.18. The zero-order chi connectivity index (χ0) is 16.8. The van der Waals surface area contributed by atoms with E-state index in [-0.39, 0.29) is 6.42 Å². The Bertz CT molecular complexity index is 656. The van der Waals surface area contributed by atoms with Crippen LogP contribution in [0.25, 0.3) is 0 Å². The standard InChI is InChI=1S/C13H18N2O6S/c1-20-10-4-3-9(7-11(10)21-2)15-13(17)8-22(18,19)6-5-12(14)16/h3-4,7H,5-6,8H2,1-2H3,(H2,14,16)(H,15,17). The molecule has 0 saturated heterocycles. The molecule has 1 aromatic carbocycles. The molecule has 3 N–H and O–H groups in total. The SMILES string of the molecule is COc1ccc(NC(=O)CS(=O)(=O)CCC(N)=O)cc1OC. The molecule has 0 aliphatic heterocycles. The molecule has 0 spiro atoms. The van der Waals surface area contributed by atoms with Crippen LogP contribution in [0.3, 0.4) is 0 Å². The number of ether oxygens (including phenoxy) is 2. The Labute approximate surface area is 128 Å². The minimum absolute atomic E-state index is 0.314. The van der Waals surface area contributed by atoms with Gasteiger partial charge in [-0.25, -0.2) is 8.42 Å². The van der Waals surface area contributed by atoms with Gasteiger partial charge in [0, 0.05) is 18.2 Å². The summed E-state index contributed by atoms with van der Waals surface area (Å²) >= 11 is 0. The van der Waals surface area contributed by atoms with E-state index < -0.39 is 33.2 Å². The third kappa shape index (κ3) is 5.60. The number of amides is 2. The van der Waals surface area contributed by atoms with Gasteiger partial charge in [-0.2, -0.15) is 0 Å². The Kier molecular flexibility index (Phi) is 6.17. The second-order valence-corrected chi connectivity index (χ2v) is 6.61. The summed E-state index contributed by atoms with van der Waals surface area (Å²) in [6.45, 7) is 0. The number of carbonyl (C=O) groups is 2. The number of methoxy groups -OCH3 is 2. The van der Waals surface area contributed by atoms with Gasteiger partial charge in [0.05, 0.1) is 20.0 Å². The van der Waals surface area contributed by atoms with Gasteiger partial charge in [-0.15, -0.1) is 0 Å². The maximum absolute atomic E-state index is 11.7. The van der Waals surface area contributed by atoms with E-state index in [4.69, 9.17) is 15.2 Å². The molecule has 0 heterocycles. The minimum Gasteiger partial charge on any atom is -0.493 e. The van der Waals surface area contributed by atoms with E-state index in [2.05, 4.69) is 5.32 Å². The lowest BCUT2D eigenvalue weighted by Crippen LogP contribution is -2.26. The molecule has 0 radical (unpaired) electrons. The first-order chi connectivity index (χ1) is 10.3. The number of rotatable bonds is 8. The van der Waals surface area contributed by atoms with E-state index in [0.29, 0.717) is 17.2 Å². The Morgan fingerprint density at radius 2 is 1.82 bits per heavy atom. The van der Waals surface area contributed by atoms with E-state index in [0.717, 1.165) is 0 Å². The van der Waals surface area contributed by atoms with E-state index in [1.54, 1.807) is 12.1 Å². The van der Waals surface area contributed by atoms with Crippen molar-refractivity contribution in [3.63, 3.8) is 0 Å². The van der Waals surface area contributed by atoms with Crippen LogP contribution in [0.1, 0.15) is 6.42 Å². The minimum atomic E-state index is -3.69. The maximum Gasteiger partial charge on any atom is 0.239 e. The average Bonchev–Trinajstić information content (AvgIpc) is 2.44. The number of anilines is 1. The number of hydrogen-bond donors (Lipinski definition) is 2. The number of hydrogen-bond acceptors (Lipinski definition) is 6.